The maximum Gasteiger partial charge on any atom is 0.264 e. The molecule has 0 rings (SSSR count). The van der Waals surface area contributed by atoms with Crippen molar-refractivity contribution in [2.45, 2.75) is 113 Å². The minimum Gasteiger partial charge on any atom is -0.346 e. The van der Waals surface area contributed by atoms with Crippen LogP contribution in [0.15, 0.2) is 0 Å². The van der Waals surface area contributed by atoms with Gasteiger partial charge in [-0.15, -0.1) is 0 Å². The lowest BCUT2D eigenvalue weighted by Gasteiger charge is -2.28. The van der Waals surface area contributed by atoms with Crippen LogP contribution in [0.2, 0.25) is 0 Å². The summed E-state index contributed by atoms with van der Waals surface area (Å²) >= 11 is 0. The van der Waals surface area contributed by atoms with Gasteiger partial charge in [-0.1, -0.05) is 62.3 Å². The zero-order valence-corrected chi connectivity index (χ0v) is 26.8. The van der Waals surface area contributed by atoms with Crippen LogP contribution in [0.5, 0.6) is 0 Å². The molecular formula is C29H52N2O8S. The Hall–Kier alpha value is -2.14. The van der Waals surface area contributed by atoms with E-state index >= 15 is 0 Å². The van der Waals surface area contributed by atoms with Gasteiger partial charge in [0, 0.05) is 56.5 Å². The molecule has 2 atom stereocenters. The van der Waals surface area contributed by atoms with Gasteiger partial charge < -0.3 is 10.2 Å². The summed E-state index contributed by atoms with van der Waals surface area (Å²) < 4.78 is 30.4. The van der Waals surface area contributed by atoms with Crippen molar-refractivity contribution in [1.29, 1.82) is 0 Å². The number of rotatable bonds is 18. The molecule has 0 aliphatic rings. The van der Waals surface area contributed by atoms with Crippen LogP contribution in [0, 0.1) is 22.7 Å². The normalized spacial score (nSPS) is 14.0. The van der Waals surface area contributed by atoms with Crippen LogP contribution in [0.25, 0.3) is 0 Å². The fourth-order valence-corrected chi connectivity index (χ4v) is 4.68. The zero-order chi connectivity index (χ0) is 31.5. The minimum atomic E-state index is -4.14. The molecule has 40 heavy (non-hydrogen) atoms. The van der Waals surface area contributed by atoms with Crippen LogP contribution in [-0.2, 0) is 34.1 Å². The lowest BCUT2D eigenvalue weighted by atomic mass is 9.80. The summed E-state index contributed by atoms with van der Waals surface area (Å²) in [6.07, 6.45) is 0.496. The van der Waals surface area contributed by atoms with Crippen LogP contribution >= 0.6 is 0 Å². The minimum absolute atomic E-state index is 0.0143. The number of ketones is 3. The topological polar surface area (TPSA) is 155 Å². The van der Waals surface area contributed by atoms with Gasteiger partial charge in [0.25, 0.3) is 10.1 Å². The van der Waals surface area contributed by atoms with E-state index in [4.69, 9.17) is 4.55 Å². The van der Waals surface area contributed by atoms with Crippen LogP contribution in [0.3, 0.4) is 0 Å². The fraction of sp³-hybridized carbons (Fsp3) is 0.828. The zero-order valence-electron chi connectivity index (χ0n) is 26.0. The first-order valence-electron chi connectivity index (χ1n) is 14.1. The predicted molar refractivity (Wildman–Crippen MR) is 155 cm³/mol. The summed E-state index contributed by atoms with van der Waals surface area (Å²) in [5.41, 5.74) is -0.632. The van der Waals surface area contributed by atoms with E-state index in [0.29, 0.717) is 13.0 Å². The first-order chi connectivity index (χ1) is 18.0. The van der Waals surface area contributed by atoms with Crippen molar-refractivity contribution in [2.75, 3.05) is 18.8 Å². The Morgan fingerprint density at radius 3 is 1.90 bits per heavy atom. The van der Waals surface area contributed by atoms with Gasteiger partial charge >= 0.3 is 0 Å². The standard InChI is InChI=1S/C29H52N2O8S/c1-20(2)26(23(33)19-21(3)27(36)29(7,8)9)30-24(34)14-16-31(17-15-28(4,5)6)25(35)13-12-22(32)11-10-18-40(37,38)39/h20-21,26H,10-19H2,1-9H3,(H,30,34)(H,37,38,39)/t21-,26+/m1/s1. The van der Waals surface area contributed by atoms with Crippen molar-refractivity contribution in [3.05, 3.63) is 0 Å². The lowest BCUT2D eigenvalue weighted by molar-refractivity contribution is -0.135. The van der Waals surface area contributed by atoms with E-state index in [1.165, 1.54) is 0 Å². The van der Waals surface area contributed by atoms with E-state index in [0.717, 1.165) is 0 Å². The summed E-state index contributed by atoms with van der Waals surface area (Å²) in [6.45, 7) is 17.4. The highest BCUT2D eigenvalue weighted by Crippen LogP contribution is 2.23. The number of Topliss-reactive ketones (excluding diaryl/α,β-unsaturated/α-hetero) is 3. The van der Waals surface area contributed by atoms with Crippen LogP contribution < -0.4 is 5.32 Å². The number of carbonyl (C=O) groups is 5. The molecule has 232 valence electrons. The molecule has 2 N–H and O–H groups in total. The molecule has 0 radical (unpaired) electrons. The average Bonchev–Trinajstić information content (AvgIpc) is 2.77. The highest BCUT2D eigenvalue weighted by molar-refractivity contribution is 7.85. The molecule has 0 fully saturated rings. The van der Waals surface area contributed by atoms with E-state index in [1.807, 2.05) is 55.4 Å². The Kier molecular flexibility index (Phi) is 15.5. The number of amides is 2. The Morgan fingerprint density at radius 1 is 0.850 bits per heavy atom. The third-order valence-electron chi connectivity index (χ3n) is 6.59. The second-order valence-corrected chi connectivity index (χ2v) is 14.9. The first kappa shape index (κ1) is 37.9. The molecule has 0 unspecified atom stereocenters. The molecule has 0 aliphatic heterocycles. The largest absolute Gasteiger partial charge is 0.346 e. The highest BCUT2D eigenvalue weighted by Gasteiger charge is 2.32. The monoisotopic (exact) mass is 588 g/mol. The van der Waals surface area contributed by atoms with Gasteiger partial charge in [0.05, 0.1) is 11.8 Å². The number of hydrogen-bond acceptors (Lipinski definition) is 7. The van der Waals surface area contributed by atoms with Crippen LogP contribution in [0.1, 0.15) is 107 Å². The van der Waals surface area contributed by atoms with E-state index in [-0.39, 0.29) is 85.6 Å². The lowest BCUT2D eigenvalue weighted by Crippen LogP contribution is -2.46. The molecule has 0 saturated carbocycles. The number of hydrogen-bond donors (Lipinski definition) is 2. The third kappa shape index (κ3) is 16.8. The molecule has 10 nitrogen and oxygen atoms in total. The maximum absolute atomic E-state index is 13.0. The van der Waals surface area contributed by atoms with Gasteiger partial charge in [0.2, 0.25) is 11.8 Å². The quantitative estimate of drug-likeness (QED) is 0.228. The van der Waals surface area contributed by atoms with Crippen LogP contribution in [-0.4, -0.2) is 71.9 Å². The molecule has 11 heteroatoms. The van der Waals surface area contributed by atoms with Crippen molar-refractivity contribution in [3.63, 3.8) is 0 Å². The van der Waals surface area contributed by atoms with Gasteiger partial charge in [0.1, 0.15) is 11.6 Å². The van der Waals surface area contributed by atoms with Crippen molar-refractivity contribution in [1.82, 2.24) is 10.2 Å². The molecule has 2 amide bonds. The maximum atomic E-state index is 13.0. The predicted octanol–water partition coefficient (Wildman–Crippen LogP) is 4.01. The summed E-state index contributed by atoms with van der Waals surface area (Å²) in [7, 11) is -4.14. The molecular weight excluding hydrogens is 536 g/mol. The smallest absolute Gasteiger partial charge is 0.264 e. The van der Waals surface area contributed by atoms with E-state index < -0.39 is 33.2 Å². The van der Waals surface area contributed by atoms with E-state index in [1.54, 1.807) is 11.8 Å². The van der Waals surface area contributed by atoms with Gasteiger partial charge in [-0.2, -0.15) is 8.42 Å². The molecule has 0 spiro atoms. The Balaban J connectivity index is 5.17. The number of nitrogens with zero attached hydrogens (tertiary/aromatic N) is 1. The van der Waals surface area contributed by atoms with Gasteiger partial charge in [-0.3, -0.25) is 28.5 Å². The third-order valence-corrected chi connectivity index (χ3v) is 7.40. The molecule has 0 aliphatic carbocycles. The summed E-state index contributed by atoms with van der Waals surface area (Å²) in [4.78, 5) is 65.0. The second kappa shape index (κ2) is 16.3. The molecule has 0 heterocycles. The number of carbonyl (C=O) groups excluding carboxylic acids is 5. The van der Waals surface area contributed by atoms with Gasteiger partial charge in [-0.25, -0.2) is 0 Å². The van der Waals surface area contributed by atoms with Crippen molar-refractivity contribution < 1.29 is 36.9 Å². The fourth-order valence-electron chi connectivity index (χ4n) is 4.17. The first-order valence-corrected chi connectivity index (χ1v) is 15.8. The SMILES string of the molecule is CC(C)[C@H](NC(=O)CCN(CCC(C)(C)C)C(=O)CCC(=O)CCCS(=O)(=O)O)C(=O)C[C@@H](C)C(=O)C(C)(C)C. The van der Waals surface area contributed by atoms with E-state index in [2.05, 4.69) is 5.32 Å². The molecule has 0 saturated heterocycles. The molecule has 0 aromatic carbocycles. The Labute approximate surface area is 241 Å². The molecule has 0 bridgehead atoms. The van der Waals surface area contributed by atoms with Gasteiger partial charge in [-0.05, 0) is 24.2 Å². The van der Waals surface area contributed by atoms with E-state index in [9.17, 15) is 32.4 Å². The Morgan fingerprint density at radius 2 is 1.43 bits per heavy atom. The van der Waals surface area contributed by atoms with Gasteiger partial charge in [0.15, 0.2) is 5.78 Å². The summed E-state index contributed by atoms with van der Waals surface area (Å²) in [6, 6.07) is -0.748. The average molecular weight is 589 g/mol. The van der Waals surface area contributed by atoms with Crippen molar-refractivity contribution in [2.24, 2.45) is 22.7 Å². The summed E-state index contributed by atoms with van der Waals surface area (Å²) in [5.74, 6) is -2.32. The van der Waals surface area contributed by atoms with Crippen molar-refractivity contribution >= 4 is 39.3 Å². The van der Waals surface area contributed by atoms with Crippen molar-refractivity contribution in [3.8, 4) is 0 Å². The summed E-state index contributed by atoms with van der Waals surface area (Å²) in [5, 5.41) is 2.79. The highest BCUT2D eigenvalue weighted by atomic mass is 32.2. The molecule has 0 aromatic rings. The second-order valence-electron chi connectivity index (χ2n) is 13.3. The molecule has 0 aromatic heterocycles. The van der Waals surface area contributed by atoms with Crippen LogP contribution in [0.4, 0.5) is 0 Å². The number of nitrogens with one attached hydrogen (secondary N) is 1. The Bertz CT molecular complexity index is 990.